The lowest BCUT2D eigenvalue weighted by Crippen LogP contribution is -2.50. The number of rotatable bonds is 14. The molecule has 2 rings (SSSR count). The van der Waals surface area contributed by atoms with Crippen LogP contribution in [0.5, 0.6) is 5.88 Å². The van der Waals surface area contributed by atoms with Crippen molar-refractivity contribution in [3.63, 3.8) is 0 Å². The van der Waals surface area contributed by atoms with Gasteiger partial charge in [0.1, 0.15) is 6.61 Å². The van der Waals surface area contributed by atoms with E-state index in [0.717, 1.165) is 18.1 Å². The van der Waals surface area contributed by atoms with Crippen molar-refractivity contribution in [3.05, 3.63) is 0 Å². The molecule has 0 aromatic carbocycles. The van der Waals surface area contributed by atoms with E-state index in [2.05, 4.69) is 8.75 Å². The van der Waals surface area contributed by atoms with Gasteiger partial charge in [0, 0.05) is 25.6 Å². The van der Waals surface area contributed by atoms with Crippen LogP contribution in [-0.4, -0.2) is 101 Å². The number of aromatic nitrogens is 2. The zero-order chi connectivity index (χ0) is 32.5. The number of amides is 1. The maximum Gasteiger partial charge on any atom is 0.347 e. The lowest BCUT2D eigenvalue weighted by atomic mass is 9.78. The highest BCUT2D eigenvalue weighted by atomic mass is 32.1. The van der Waals surface area contributed by atoms with Gasteiger partial charge in [0.15, 0.2) is 18.3 Å². The Bertz CT molecular complexity index is 1100. The van der Waals surface area contributed by atoms with Gasteiger partial charge in [-0.25, -0.2) is 9.59 Å². The van der Waals surface area contributed by atoms with Crippen molar-refractivity contribution in [1.29, 1.82) is 0 Å². The molecule has 3 unspecified atom stereocenters. The van der Waals surface area contributed by atoms with E-state index in [1.165, 1.54) is 20.8 Å². The molecule has 2 heterocycles. The molecule has 0 spiro atoms. The van der Waals surface area contributed by atoms with Crippen molar-refractivity contribution < 1.29 is 42.9 Å². The average Bonchev–Trinajstić information content (AvgIpc) is 3.41. The zero-order valence-electron chi connectivity index (χ0n) is 27.1. The lowest BCUT2D eigenvalue weighted by Gasteiger charge is -2.37. The number of esters is 3. The fraction of sp³-hybridized carbons (Fsp3) is 0.793. The van der Waals surface area contributed by atoms with E-state index >= 15 is 0 Å². The predicted octanol–water partition coefficient (Wildman–Crippen LogP) is 3.25. The molecule has 0 N–H and O–H groups in total. The van der Waals surface area contributed by atoms with Crippen LogP contribution in [0.25, 0.3) is 0 Å². The molecule has 244 valence electrons. The summed E-state index contributed by atoms with van der Waals surface area (Å²) in [5, 5.41) is 0. The number of morpholine rings is 1. The summed E-state index contributed by atoms with van der Waals surface area (Å²) in [5.41, 5.74) is -0.883. The molecule has 1 aromatic rings. The molecule has 14 heteroatoms. The minimum atomic E-state index is -1.31. The normalized spacial score (nSPS) is 16.8. The quantitative estimate of drug-likeness (QED) is 0.220. The van der Waals surface area contributed by atoms with Crippen molar-refractivity contribution in [2.45, 2.75) is 99.5 Å². The van der Waals surface area contributed by atoms with Gasteiger partial charge in [-0.1, -0.05) is 34.1 Å². The summed E-state index contributed by atoms with van der Waals surface area (Å²) < 4.78 is 36.3. The number of carbonyl (C=O) groups is 4. The standard InChI is InChI=1S/C29H48N4O9S/c1-11-29(9,10)18(2)25(35)40-19(3)26(36)41-20(4)27(37)42-22(16-33(21(5)34)28(6,7)8)17-39-24-23(30-43-31-24)32-12-14-38-15-13-32/h18-20,22H,11-17H2,1-10H3/t18?,19?,20?,22-/m0/s1. The summed E-state index contributed by atoms with van der Waals surface area (Å²) in [4.78, 5) is 54.4. The SMILES string of the molecule is CCC(C)(C)C(C)C(=O)OC(C)C(=O)OC(C)C(=O)O[C@H](COc1nsnc1N1CCOCC1)CN(C(C)=O)C(C)(C)C. The molecule has 0 bridgehead atoms. The molecule has 43 heavy (non-hydrogen) atoms. The Kier molecular flexibility index (Phi) is 13.2. The van der Waals surface area contributed by atoms with Crippen LogP contribution in [0.3, 0.4) is 0 Å². The van der Waals surface area contributed by atoms with E-state index in [9.17, 15) is 19.2 Å². The summed E-state index contributed by atoms with van der Waals surface area (Å²) in [6.45, 7) is 19.7. The zero-order valence-corrected chi connectivity index (χ0v) is 27.9. The molecule has 1 fully saturated rings. The van der Waals surface area contributed by atoms with Crippen LogP contribution in [0.1, 0.15) is 75.7 Å². The average molecular weight is 629 g/mol. The number of carbonyl (C=O) groups excluding carboxylic acids is 4. The number of ether oxygens (including phenoxy) is 5. The molecule has 1 saturated heterocycles. The summed E-state index contributed by atoms with van der Waals surface area (Å²) in [6, 6.07) is 0. The fourth-order valence-corrected chi connectivity index (χ4v) is 4.66. The number of anilines is 1. The third-order valence-corrected chi connectivity index (χ3v) is 8.21. The van der Waals surface area contributed by atoms with Crippen molar-refractivity contribution >= 4 is 41.4 Å². The monoisotopic (exact) mass is 628 g/mol. The number of hydrogen-bond donors (Lipinski definition) is 0. The van der Waals surface area contributed by atoms with E-state index in [-0.39, 0.29) is 30.4 Å². The maximum absolute atomic E-state index is 13.1. The van der Waals surface area contributed by atoms with Gasteiger partial charge in [-0.15, -0.1) is 4.37 Å². The van der Waals surface area contributed by atoms with Gasteiger partial charge >= 0.3 is 17.9 Å². The minimum absolute atomic E-state index is 0.0226. The first kappa shape index (κ1) is 36.2. The molecule has 0 saturated carbocycles. The minimum Gasteiger partial charge on any atom is -0.470 e. The first-order valence-corrected chi connectivity index (χ1v) is 15.4. The Labute approximate surface area is 258 Å². The first-order chi connectivity index (χ1) is 20.0. The number of hydrogen-bond acceptors (Lipinski definition) is 13. The smallest absolute Gasteiger partial charge is 0.347 e. The summed E-state index contributed by atoms with van der Waals surface area (Å²) in [5.74, 6) is -2.05. The van der Waals surface area contributed by atoms with Crippen LogP contribution >= 0.6 is 11.7 Å². The van der Waals surface area contributed by atoms with Gasteiger partial charge in [0.05, 0.1) is 37.4 Å². The first-order valence-electron chi connectivity index (χ1n) is 14.7. The van der Waals surface area contributed by atoms with Gasteiger partial charge in [-0.2, -0.15) is 4.37 Å². The Morgan fingerprint density at radius 2 is 1.49 bits per heavy atom. The third-order valence-electron chi connectivity index (χ3n) is 7.70. The Hall–Kier alpha value is -3.00. The largest absolute Gasteiger partial charge is 0.470 e. The van der Waals surface area contributed by atoms with Gasteiger partial charge in [0.2, 0.25) is 11.7 Å². The molecule has 4 atom stereocenters. The van der Waals surface area contributed by atoms with Gasteiger partial charge in [-0.3, -0.25) is 9.59 Å². The van der Waals surface area contributed by atoms with Gasteiger partial charge in [-0.05, 0) is 40.0 Å². The molecule has 1 aliphatic heterocycles. The maximum atomic E-state index is 13.1. The molecule has 0 aliphatic carbocycles. The van der Waals surface area contributed by atoms with E-state index < -0.39 is 47.7 Å². The van der Waals surface area contributed by atoms with Crippen molar-refractivity contribution in [2.75, 3.05) is 44.4 Å². The second-order valence-electron chi connectivity index (χ2n) is 12.4. The molecule has 0 radical (unpaired) electrons. The highest BCUT2D eigenvalue weighted by Gasteiger charge is 2.35. The van der Waals surface area contributed by atoms with Crippen LogP contribution in [0.15, 0.2) is 0 Å². The molecular formula is C29H48N4O9S. The summed E-state index contributed by atoms with van der Waals surface area (Å²) in [6.07, 6.45) is -2.71. The van der Waals surface area contributed by atoms with E-state index in [1.54, 1.807) is 11.8 Å². The summed E-state index contributed by atoms with van der Waals surface area (Å²) in [7, 11) is 0. The van der Waals surface area contributed by atoms with Crippen molar-refractivity contribution in [1.82, 2.24) is 13.6 Å². The van der Waals surface area contributed by atoms with Crippen LogP contribution in [0.4, 0.5) is 5.82 Å². The molecular weight excluding hydrogens is 580 g/mol. The fourth-order valence-electron chi connectivity index (χ4n) is 4.14. The van der Waals surface area contributed by atoms with Crippen LogP contribution < -0.4 is 9.64 Å². The van der Waals surface area contributed by atoms with Crippen LogP contribution in [0.2, 0.25) is 0 Å². The summed E-state index contributed by atoms with van der Waals surface area (Å²) >= 11 is 0.998. The van der Waals surface area contributed by atoms with Crippen molar-refractivity contribution in [3.8, 4) is 5.88 Å². The van der Waals surface area contributed by atoms with Crippen molar-refractivity contribution in [2.24, 2.45) is 11.3 Å². The highest BCUT2D eigenvalue weighted by molar-refractivity contribution is 6.99. The molecule has 13 nitrogen and oxygen atoms in total. The van der Waals surface area contributed by atoms with E-state index in [4.69, 9.17) is 23.7 Å². The Morgan fingerprint density at radius 3 is 2.02 bits per heavy atom. The molecule has 1 amide bonds. The van der Waals surface area contributed by atoms with E-state index in [0.29, 0.717) is 32.1 Å². The highest BCUT2D eigenvalue weighted by Crippen LogP contribution is 2.31. The van der Waals surface area contributed by atoms with E-state index in [1.807, 2.05) is 46.4 Å². The second-order valence-corrected chi connectivity index (χ2v) is 12.9. The van der Waals surface area contributed by atoms with Crippen LogP contribution in [-0.2, 0) is 38.1 Å². The van der Waals surface area contributed by atoms with Crippen LogP contribution in [0, 0.1) is 11.3 Å². The Morgan fingerprint density at radius 1 is 0.930 bits per heavy atom. The third kappa shape index (κ3) is 10.6. The predicted molar refractivity (Wildman–Crippen MR) is 160 cm³/mol. The number of nitrogens with zero attached hydrogens (tertiary/aromatic N) is 4. The molecule has 1 aliphatic rings. The lowest BCUT2D eigenvalue weighted by molar-refractivity contribution is -0.182. The Balaban J connectivity index is 2.09. The molecule has 1 aromatic heterocycles. The topological polar surface area (TPSA) is 147 Å². The van der Waals surface area contributed by atoms with Gasteiger partial charge < -0.3 is 33.5 Å². The second kappa shape index (κ2) is 15.6. The van der Waals surface area contributed by atoms with Gasteiger partial charge in [0.25, 0.3) is 5.88 Å².